The normalized spacial score (nSPS) is 10.7. The first-order chi connectivity index (χ1) is 7.07. The fraction of sp³-hybridized carbons (Fsp3) is 0.200. The Hall–Kier alpha value is -1.49. The average Bonchev–Trinajstić information content (AvgIpc) is 2.18. The number of hydrogen-bond donors (Lipinski definition) is 1. The number of nitrogens with one attached hydrogen (secondary N) is 1. The molecule has 0 aliphatic rings. The summed E-state index contributed by atoms with van der Waals surface area (Å²) in [5, 5.41) is 0. The van der Waals surface area contributed by atoms with Gasteiger partial charge in [-0.2, -0.15) is 0 Å². The molecule has 0 aliphatic heterocycles. The Bertz CT molecular complexity index is 422. The van der Waals surface area contributed by atoms with Crippen LogP contribution in [0.15, 0.2) is 36.9 Å². The van der Waals surface area contributed by atoms with Crippen molar-refractivity contribution in [1.29, 1.82) is 0 Å². The summed E-state index contributed by atoms with van der Waals surface area (Å²) >= 11 is 0. The second-order valence-electron chi connectivity index (χ2n) is 2.90. The van der Waals surface area contributed by atoms with Crippen LogP contribution in [0.5, 0.6) is 5.75 Å². The van der Waals surface area contributed by atoms with Crippen molar-refractivity contribution >= 4 is 15.7 Å². The Balaban J connectivity index is 2.77. The molecule has 1 aromatic rings. The zero-order chi connectivity index (χ0) is 11.3. The molecule has 0 bridgehead atoms. The minimum atomic E-state index is -3.31. The quantitative estimate of drug-likeness (QED) is 0.778. The number of rotatable bonds is 5. The molecular weight excluding hydrogens is 214 g/mol. The smallest absolute Gasteiger partial charge is 0.236 e. The highest BCUT2D eigenvalue weighted by molar-refractivity contribution is 7.92. The Labute approximate surface area is 89.6 Å². The maximum atomic E-state index is 11.3. The van der Waals surface area contributed by atoms with Crippen LogP contribution in [0.4, 0.5) is 5.69 Å². The van der Waals surface area contributed by atoms with Gasteiger partial charge in [0.25, 0.3) is 0 Å². The fourth-order valence-corrected chi connectivity index (χ4v) is 1.92. The number of hydrogen-bond acceptors (Lipinski definition) is 3. The number of benzene rings is 1. The van der Waals surface area contributed by atoms with Gasteiger partial charge < -0.3 is 4.74 Å². The molecule has 0 aromatic heterocycles. The van der Waals surface area contributed by atoms with E-state index in [1.54, 1.807) is 31.4 Å². The molecule has 0 radical (unpaired) electrons. The van der Waals surface area contributed by atoms with E-state index in [1.807, 2.05) is 0 Å². The Morgan fingerprint density at radius 2 is 2.00 bits per heavy atom. The molecule has 82 valence electrons. The van der Waals surface area contributed by atoms with Crippen molar-refractivity contribution in [2.45, 2.75) is 0 Å². The van der Waals surface area contributed by atoms with Gasteiger partial charge in [-0.15, -0.1) is 6.58 Å². The third kappa shape index (κ3) is 3.63. The molecule has 0 saturated carbocycles. The summed E-state index contributed by atoms with van der Waals surface area (Å²) in [6.07, 6.45) is 1.34. The molecule has 0 amide bonds. The second-order valence-corrected chi connectivity index (χ2v) is 4.67. The highest BCUT2D eigenvalue weighted by atomic mass is 32.2. The van der Waals surface area contributed by atoms with Crippen molar-refractivity contribution in [3.8, 4) is 5.75 Å². The zero-order valence-corrected chi connectivity index (χ0v) is 9.25. The van der Waals surface area contributed by atoms with Gasteiger partial charge in [-0.25, -0.2) is 8.42 Å². The van der Waals surface area contributed by atoms with Gasteiger partial charge in [-0.05, 0) is 24.3 Å². The highest BCUT2D eigenvalue weighted by Crippen LogP contribution is 2.16. The summed E-state index contributed by atoms with van der Waals surface area (Å²) in [7, 11) is -1.76. The Morgan fingerprint density at radius 1 is 1.40 bits per heavy atom. The molecule has 0 saturated heterocycles. The van der Waals surface area contributed by atoms with Crippen molar-refractivity contribution in [3.63, 3.8) is 0 Å². The van der Waals surface area contributed by atoms with Gasteiger partial charge in [-0.3, -0.25) is 4.72 Å². The molecular formula is C10H13NO3S. The van der Waals surface area contributed by atoms with Gasteiger partial charge in [-0.1, -0.05) is 6.08 Å². The summed E-state index contributed by atoms with van der Waals surface area (Å²) in [6, 6.07) is 6.65. The lowest BCUT2D eigenvalue weighted by molar-refractivity contribution is 0.415. The molecule has 1 N–H and O–H groups in total. The van der Waals surface area contributed by atoms with Crippen molar-refractivity contribution in [1.82, 2.24) is 0 Å². The van der Waals surface area contributed by atoms with E-state index in [1.165, 1.54) is 6.08 Å². The number of anilines is 1. The van der Waals surface area contributed by atoms with E-state index in [4.69, 9.17) is 4.74 Å². The van der Waals surface area contributed by atoms with Crippen molar-refractivity contribution in [2.75, 3.05) is 17.6 Å². The van der Waals surface area contributed by atoms with E-state index in [2.05, 4.69) is 11.3 Å². The van der Waals surface area contributed by atoms with Crippen LogP contribution in [0.1, 0.15) is 0 Å². The van der Waals surface area contributed by atoms with Crippen molar-refractivity contribution in [3.05, 3.63) is 36.9 Å². The van der Waals surface area contributed by atoms with Crippen molar-refractivity contribution in [2.24, 2.45) is 0 Å². The third-order valence-electron chi connectivity index (χ3n) is 1.70. The fourth-order valence-electron chi connectivity index (χ4n) is 1.04. The van der Waals surface area contributed by atoms with Gasteiger partial charge in [0, 0.05) is 5.69 Å². The van der Waals surface area contributed by atoms with Crippen LogP contribution in [-0.2, 0) is 10.0 Å². The number of ether oxygens (including phenoxy) is 1. The Kier molecular flexibility index (Phi) is 3.74. The monoisotopic (exact) mass is 227 g/mol. The predicted octanol–water partition coefficient (Wildman–Crippen LogP) is 1.62. The highest BCUT2D eigenvalue weighted by Gasteiger charge is 2.06. The third-order valence-corrected chi connectivity index (χ3v) is 2.92. The topological polar surface area (TPSA) is 55.4 Å². The zero-order valence-electron chi connectivity index (χ0n) is 8.43. The van der Waals surface area contributed by atoms with Gasteiger partial charge in [0.15, 0.2) is 0 Å². The van der Waals surface area contributed by atoms with Crippen LogP contribution in [0.2, 0.25) is 0 Å². The number of methoxy groups -OCH3 is 1. The lowest BCUT2D eigenvalue weighted by atomic mass is 10.3. The molecule has 0 fully saturated rings. The van der Waals surface area contributed by atoms with Crippen LogP contribution < -0.4 is 9.46 Å². The van der Waals surface area contributed by atoms with Crippen LogP contribution in [0.25, 0.3) is 0 Å². The SMILES string of the molecule is C=CCS(=O)(=O)Nc1ccc(OC)cc1. The van der Waals surface area contributed by atoms with E-state index in [-0.39, 0.29) is 5.75 Å². The van der Waals surface area contributed by atoms with Gasteiger partial charge in [0.2, 0.25) is 10.0 Å². The second kappa shape index (κ2) is 4.84. The molecule has 4 nitrogen and oxygen atoms in total. The largest absolute Gasteiger partial charge is 0.497 e. The average molecular weight is 227 g/mol. The molecule has 0 unspecified atom stereocenters. The number of sulfonamides is 1. The predicted molar refractivity (Wildman–Crippen MR) is 60.6 cm³/mol. The van der Waals surface area contributed by atoms with Gasteiger partial charge >= 0.3 is 0 Å². The summed E-state index contributed by atoms with van der Waals surface area (Å²) < 4.78 is 30.1. The molecule has 0 spiro atoms. The molecule has 1 rings (SSSR count). The van der Waals surface area contributed by atoms with E-state index in [9.17, 15) is 8.42 Å². The lowest BCUT2D eigenvalue weighted by Crippen LogP contribution is -2.14. The first-order valence-electron chi connectivity index (χ1n) is 4.33. The summed E-state index contributed by atoms with van der Waals surface area (Å²) in [6.45, 7) is 3.38. The molecule has 0 aliphatic carbocycles. The maximum absolute atomic E-state index is 11.3. The molecule has 15 heavy (non-hydrogen) atoms. The first kappa shape index (κ1) is 11.6. The van der Waals surface area contributed by atoms with Gasteiger partial charge in [0.05, 0.1) is 12.9 Å². The summed E-state index contributed by atoms with van der Waals surface area (Å²) in [5.41, 5.74) is 0.512. The van der Waals surface area contributed by atoms with E-state index in [0.717, 1.165) is 0 Å². The maximum Gasteiger partial charge on any atom is 0.236 e. The van der Waals surface area contributed by atoms with Crippen LogP contribution in [-0.4, -0.2) is 21.3 Å². The minimum absolute atomic E-state index is 0.0982. The molecule has 1 aromatic carbocycles. The van der Waals surface area contributed by atoms with Crippen LogP contribution >= 0.6 is 0 Å². The Morgan fingerprint density at radius 3 is 2.47 bits per heavy atom. The standard InChI is InChI=1S/C10H13NO3S/c1-3-8-15(12,13)11-9-4-6-10(14-2)7-5-9/h3-7,11H,1,8H2,2H3. The van der Waals surface area contributed by atoms with Crippen LogP contribution in [0, 0.1) is 0 Å². The first-order valence-corrected chi connectivity index (χ1v) is 5.98. The lowest BCUT2D eigenvalue weighted by Gasteiger charge is -2.06. The summed E-state index contributed by atoms with van der Waals surface area (Å²) in [4.78, 5) is 0. The van der Waals surface area contributed by atoms with E-state index < -0.39 is 10.0 Å². The minimum Gasteiger partial charge on any atom is -0.497 e. The molecule has 0 heterocycles. The van der Waals surface area contributed by atoms with Gasteiger partial charge in [0.1, 0.15) is 5.75 Å². The summed E-state index contributed by atoms with van der Waals surface area (Å²) in [5.74, 6) is 0.584. The van der Waals surface area contributed by atoms with Crippen LogP contribution in [0.3, 0.4) is 0 Å². The molecule has 5 heteroatoms. The van der Waals surface area contributed by atoms with E-state index in [0.29, 0.717) is 11.4 Å². The molecule has 0 atom stereocenters. The van der Waals surface area contributed by atoms with Crippen molar-refractivity contribution < 1.29 is 13.2 Å². The van der Waals surface area contributed by atoms with E-state index >= 15 is 0 Å².